The Kier molecular flexibility index (Phi) is 7.05. The van der Waals surface area contributed by atoms with Crippen molar-refractivity contribution in [1.29, 1.82) is 0 Å². The van der Waals surface area contributed by atoms with E-state index >= 15 is 0 Å². The molecule has 3 aliphatic rings. The molecule has 198 valence electrons. The van der Waals surface area contributed by atoms with E-state index in [2.05, 4.69) is 40.3 Å². The lowest BCUT2D eigenvalue weighted by Gasteiger charge is -2.31. The summed E-state index contributed by atoms with van der Waals surface area (Å²) >= 11 is 0. The SMILES string of the molecule is CCCC(=O)c1ccc2c(c1)[C@H]1CC[C@@H]2N1CC[C@H]1CC[C@H](NC(=O)c2ccc(C)c3ncccc23)CC1. The molecule has 3 heterocycles. The monoisotopic (exact) mass is 509 g/mol. The molecule has 1 saturated carbocycles. The van der Waals surface area contributed by atoms with Gasteiger partial charge in [-0.25, -0.2) is 0 Å². The molecule has 0 unspecified atom stereocenters. The lowest BCUT2D eigenvalue weighted by atomic mass is 9.84. The van der Waals surface area contributed by atoms with Crippen LogP contribution in [0.25, 0.3) is 10.9 Å². The first-order valence-electron chi connectivity index (χ1n) is 14.6. The number of carbonyl (C=O) groups is 2. The fourth-order valence-electron chi connectivity index (χ4n) is 7.26. The largest absolute Gasteiger partial charge is 0.349 e. The van der Waals surface area contributed by atoms with E-state index in [-0.39, 0.29) is 17.7 Å². The molecule has 5 heteroatoms. The predicted octanol–water partition coefficient (Wildman–Crippen LogP) is 7.10. The summed E-state index contributed by atoms with van der Waals surface area (Å²) in [6, 6.07) is 15.6. The van der Waals surface area contributed by atoms with Crippen molar-refractivity contribution >= 4 is 22.6 Å². The highest BCUT2D eigenvalue weighted by Crippen LogP contribution is 2.53. The second kappa shape index (κ2) is 10.6. The van der Waals surface area contributed by atoms with Gasteiger partial charge in [-0.15, -0.1) is 0 Å². The first-order valence-corrected chi connectivity index (χ1v) is 14.6. The lowest BCUT2D eigenvalue weighted by molar-refractivity contribution is 0.0919. The van der Waals surface area contributed by atoms with Crippen molar-refractivity contribution < 1.29 is 9.59 Å². The van der Waals surface area contributed by atoms with E-state index in [0.717, 1.165) is 59.3 Å². The van der Waals surface area contributed by atoms with Crippen LogP contribution in [0.4, 0.5) is 0 Å². The third-order valence-corrected chi connectivity index (χ3v) is 9.31. The normalized spacial score (nSPS) is 24.5. The van der Waals surface area contributed by atoms with Gasteiger partial charge in [0.05, 0.1) is 5.52 Å². The molecular weight excluding hydrogens is 470 g/mol. The molecule has 0 spiro atoms. The first kappa shape index (κ1) is 25.2. The molecular formula is C33H39N3O2. The van der Waals surface area contributed by atoms with Crippen LogP contribution in [-0.2, 0) is 0 Å². The van der Waals surface area contributed by atoms with Gasteiger partial charge in [-0.1, -0.05) is 31.2 Å². The molecule has 2 fully saturated rings. The minimum absolute atomic E-state index is 0.0228. The number of amides is 1. The molecule has 0 radical (unpaired) electrons. The zero-order chi connectivity index (χ0) is 26.2. The number of aromatic nitrogens is 1. The first-order chi connectivity index (χ1) is 18.5. The van der Waals surface area contributed by atoms with E-state index < -0.39 is 0 Å². The summed E-state index contributed by atoms with van der Waals surface area (Å²) in [5.74, 6) is 1.02. The van der Waals surface area contributed by atoms with Crippen LogP contribution in [0.3, 0.4) is 0 Å². The van der Waals surface area contributed by atoms with Crippen molar-refractivity contribution in [3.63, 3.8) is 0 Å². The Bertz CT molecular complexity index is 1360. The van der Waals surface area contributed by atoms with Crippen LogP contribution in [0, 0.1) is 12.8 Å². The van der Waals surface area contributed by atoms with Crippen LogP contribution in [-0.4, -0.2) is 34.2 Å². The van der Waals surface area contributed by atoms with Gasteiger partial charge in [0.15, 0.2) is 5.78 Å². The number of hydrogen-bond donors (Lipinski definition) is 1. The fraction of sp³-hybridized carbons (Fsp3) is 0.485. The number of pyridine rings is 1. The van der Waals surface area contributed by atoms with Gasteiger partial charge in [0.1, 0.15) is 0 Å². The molecule has 2 aromatic carbocycles. The lowest BCUT2D eigenvalue weighted by Crippen LogP contribution is -2.38. The van der Waals surface area contributed by atoms with Crippen molar-refractivity contribution in [2.45, 2.75) is 89.8 Å². The number of hydrogen-bond acceptors (Lipinski definition) is 4. The van der Waals surface area contributed by atoms with Crippen molar-refractivity contribution in [2.75, 3.05) is 6.54 Å². The number of rotatable bonds is 8. The number of carbonyl (C=O) groups excluding carboxylic acids is 2. The Balaban J connectivity index is 1.02. The summed E-state index contributed by atoms with van der Waals surface area (Å²) in [7, 11) is 0. The number of nitrogens with one attached hydrogen (secondary N) is 1. The molecule has 2 aliphatic heterocycles. The highest BCUT2D eigenvalue weighted by molar-refractivity contribution is 6.07. The van der Waals surface area contributed by atoms with Gasteiger partial charge in [-0.3, -0.25) is 19.5 Å². The number of aryl methyl sites for hydroxylation is 1. The number of ketones is 1. The van der Waals surface area contributed by atoms with Gasteiger partial charge in [0.2, 0.25) is 0 Å². The van der Waals surface area contributed by atoms with E-state index in [1.54, 1.807) is 6.20 Å². The van der Waals surface area contributed by atoms with Crippen LogP contribution in [0.1, 0.15) is 114 Å². The minimum Gasteiger partial charge on any atom is -0.349 e. The minimum atomic E-state index is 0.0228. The highest BCUT2D eigenvalue weighted by Gasteiger charge is 2.43. The number of benzene rings is 2. The average molecular weight is 510 g/mol. The Morgan fingerprint density at radius 3 is 2.55 bits per heavy atom. The molecule has 38 heavy (non-hydrogen) atoms. The Morgan fingerprint density at radius 1 is 0.974 bits per heavy atom. The van der Waals surface area contributed by atoms with Crippen LogP contribution in [0.2, 0.25) is 0 Å². The van der Waals surface area contributed by atoms with Gasteiger partial charge >= 0.3 is 0 Å². The fourth-order valence-corrected chi connectivity index (χ4v) is 7.26. The van der Waals surface area contributed by atoms with Crippen LogP contribution >= 0.6 is 0 Å². The van der Waals surface area contributed by atoms with E-state index in [1.165, 1.54) is 43.2 Å². The van der Waals surface area contributed by atoms with Gasteiger partial charge in [-0.2, -0.15) is 0 Å². The number of Topliss-reactive ketones (excluding diaryl/α,β-unsaturated/α-hetero) is 1. The molecule has 6 rings (SSSR count). The van der Waals surface area contributed by atoms with Crippen molar-refractivity contribution in [3.05, 3.63) is 76.5 Å². The van der Waals surface area contributed by atoms with Gasteiger partial charge in [0, 0.05) is 47.3 Å². The highest BCUT2D eigenvalue weighted by atomic mass is 16.1. The molecule has 1 aliphatic carbocycles. The number of nitrogens with zero attached hydrogens (tertiary/aromatic N) is 2. The summed E-state index contributed by atoms with van der Waals surface area (Å²) in [5.41, 5.74) is 6.49. The third-order valence-electron chi connectivity index (χ3n) is 9.31. The summed E-state index contributed by atoms with van der Waals surface area (Å²) in [6.07, 6.45) is 11.4. The summed E-state index contributed by atoms with van der Waals surface area (Å²) in [5, 5.41) is 4.25. The van der Waals surface area contributed by atoms with Gasteiger partial charge < -0.3 is 5.32 Å². The number of fused-ring (bicyclic) bond motifs is 6. The van der Waals surface area contributed by atoms with Crippen molar-refractivity contribution in [2.24, 2.45) is 5.92 Å². The molecule has 3 aromatic rings. The third kappa shape index (κ3) is 4.66. The van der Waals surface area contributed by atoms with Crippen LogP contribution in [0.15, 0.2) is 48.7 Å². The molecule has 1 amide bonds. The predicted molar refractivity (Wildman–Crippen MR) is 151 cm³/mol. The maximum absolute atomic E-state index is 13.1. The van der Waals surface area contributed by atoms with Crippen molar-refractivity contribution in [3.8, 4) is 0 Å². The Morgan fingerprint density at radius 2 is 1.76 bits per heavy atom. The molecule has 1 N–H and O–H groups in total. The summed E-state index contributed by atoms with van der Waals surface area (Å²) < 4.78 is 0. The molecule has 1 saturated heterocycles. The van der Waals surface area contributed by atoms with E-state index in [4.69, 9.17) is 0 Å². The zero-order valence-electron chi connectivity index (χ0n) is 22.7. The smallest absolute Gasteiger partial charge is 0.252 e. The van der Waals surface area contributed by atoms with E-state index in [9.17, 15) is 9.59 Å². The average Bonchev–Trinajstić information content (AvgIpc) is 3.49. The zero-order valence-corrected chi connectivity index (χ0v) is 22.7. The summed E-state index contributed by atoms with van der Waals surface area (Å²) in [6.45, 7) is 5.24. The maximum atomic E-state index is 13.1. The second-order valence-corrected chi connectivity index (χ2v) is 11.7. The van der Waals surface area contributed by atoms with E-state index in [1.807, 2.05) is 31.2 Å². The standard InChI is InChI=1S/C33H39N3O2/c1-3-5-31(37)23-10-14-25-28(20-23)30-16-15-29(25)36(30)19-17-22-8-11-24(12-9-22)35-33(38)27-13-7-21(2)32-26(27)6-4-18-34-32/h4,6-7,10,13-14,18,20,22,24,29-30H,3,5,8-9,11-12,15-17,19H2,1-2H3,(H,35,38)/t22-,24-,29-,30+/m0/s1. The van der Waals surface area contributed by atoms with E-state index in [0.29, 0.717) is 18.5 Å². The molecule has 2 bridgehead atoms. The Hall–Kier alpha value is -3.05. The summed E-state index contributed by atoms with van der Waals surface area (Å²) in [4.78, 5) is 32.8. The second-order valence-electron chi connectivity index (χ2n) is 11.7. The maximum Gasteiger partial charge on any atom is 0.252 e. The van der Waals surface area contributed by atoms with Crippen molar-refractivity contribution in [1.82, 2.24) is 15.2 Å². The molecule has 5 nitrogen and oxygen atoms in total. The van der Waals surface area contributed by atoms with Gasteiger partial charge in [0.25, 0.3) is 5.91 Å². The quantitative estimate of drug-likeness (QED) is 0.329. The van der Waals surface area contributed by atoms with Crippen LogP contribution < -0.4 is 5.32 Å². The topological polar surface area (TPSA) is 62.3 Å². The van der Waals surface area contributed by atoms with Crippen LogP contribution in [0.5, 0.6) is 0 Å². The van der Waals surface area contributed by atoms with Gasteiger partial charge in [-0.05, 0) is 106 Å². The molecule has 1 aromatic heterocycles. The Labute approximate surface area is 226 Å². The molecule has 2 atom stereocenters.